The van der Waals surface area contributed by atoms with Crippen molar-refractivity contribution in [2.75, 3.05) is 0 Å². The molecule has 0 unspecified atom stereocenters. The highest BCUT2D eigenvalue weighted by Crippen LogP contribution is 2.56. The molecule has 21 heavy (non-hydrogen) atoms. The largest absolute Gasteiger partial charge is 0.393 e. The highest BCUT2D eigenvalue weighted by Gasteiger charge is 2.47. The minimum absolute atomic E-state index is 0.127. The Kier molecular flexibility index (Phi) is 3.00. The molecule has 0 aromatic heterocycles. The van der Waals surface area contributed by atoms with Gasteiger partial charge in [-0.15, -0.1) is 0 Å². The Balaban J connectivity index is 1.99. The maximum atomic E-state index is 10.2. The highest BCUT2D eigenvalue weighted by atomic mass is 79.9. The zero-order valence-electron chi connectivity index (χ0n) is 12.6. The monoisotopic (exact) mass is 344 g/mol. The first kappa shape index (κ1) is 13.8. The van der Waals surface area contributed by atoms with E-state index in [1.54, 1.807) is 0 Å². The summed E-state index contributed by atoms with van der Waals surface area (Å²) in [5.41, 5.74) is 4.60. The summed E-state index contributed by atoms with van der Waals surface area (Å²) in [6.45, 7) is 4.53. The maximum Gasteiger partial charge on any atom is 0.0551 e. The van der Waals surface area contributed by atoms with E-state index in [1.807, 2.05) is 0 Å². The van der Waals surface area contributed by atoms with Crippen LogP contribution in [0.5, 0.6) is 0 Å². The Hall–Kier alpha value is -0.860. The topological polar surface area (TPSA) is 20.2 Å². The van der Waals surface area contributed by atoms with Gasteiger partial charge in [0.25, 0.3) is 0 Å². The van der Waals surface area contributed by atoms with Crippen LogP contribution in [0.15, 0.2) is 28.7 Å². The lowest BCUT2D eigenvalue weighted by atomic mass is 9.66. The van der Waals surface area contributed by atoms with Crippen LogP contribution >= 0.6 is 15.9 Å². The molecule has 2 aliphatic rings. The van der Waals surface area contributed by atoms with Gasteiger partial charge in [-0.3, -0.25) is 0 Å². The van der Waals surface area contributed by atoms with E-state index in [4.69, 9.17) is 0 Å². The van der Waals surface area contributed by atoms with Crippen LogP contribution in [0.3, 0.4) is 0 Å². The summed E-state index contributed by atoms with van der Waals surface area (Å²) in [5.74, 6) is 0.512. The van der Waals surface area contributed by atoms with E-state index in [1.165, 1.54) is 38.4 Å². The molecule has 1 fully saturated rings. The third kappa shape index (κ3) is 1.99. The molecule has 0 bridgehead atoms. The molecule has 2 aliphatic carbocycles. The lowest BCUT2D eigenvalue weighted by Gasteiger charge is -2.38. The molecule has 1 N–H and O–H groups in total. The molecule has 0 radical (unpaired) electrons. The summed E-state index contributed by atoms with van der Waals surface area (Å²) in [6, 6.07) is 9.07. The van der Waals surface area contributed by atoms with Gasteiger partial charge in [0, 0.05) is 4.47 Å². The summed E-state index contributed by atoms with van der Waals surface area (Å²) in [6.07, 6.45) is 4.10. The van der Waals surface area contributed by atoms with Crippen molar-refractivity contribution in [2.24, 2.45) is 5.41 Å². The van der Waals surface area contributed by atoms with Crippen LogP contribution < -0.4 is 0 Å². The molecule has 3 atom stereocenters. The molecule has 110 valence electrons. The Labute approximate surface area is 134 Å². The van der Waals surface area contributed by atoms with E-state index in [0.717, 1.165) is 19.3 Å². The smallest absolute Gasteiger partial charge is 0.0551 e. The van der Waals surface area contributed by atoms with Gasteiger partial charge in [0.05, 0.1) is 6.10 Å². The van der Waals surface area contributed by atoms with E-state index in [-0.39, 0.29) is 11.5 Å². The number of rotatable bonds is 0. The second kappa shape index (κ2) is 4.57. The van der Waals surface area contributed by atoms with Gasteiger partial charge < -0.3 is 5.11 Å². The van der Waals surface area contributed by atoms with Crippen LogP contribution in [0, 0.1) is 12.3 Å². The number of aliphatic hydroxyl groups is 1. The molecule has 1 saturated carbocycles. The third-order valence-corrected chi connectivity index (χ3v) is 6.42. The van der Waals surface area contributed by atoms with Gasteiger partial charge in [-0.05, 0) is 71.9 Å². The molecule has 0 heterocycles. The number of halogens is 1. The normalized spacial score (nSPS) is 31.2. The summed E-state index contributed by atoms with van der Waals surface area (Å²) < 4.78 is 1.20. The van der Waals surface area contributed by atoms with Crippen LogP contribution in [0.4, 0.5) is 0 Å². The number of benzene rings is 2. The molecule has 0 spiro atoms. The Morgan fingerprint density at radius 2 is 2.05 bits per heavy atom. The predicted octanol–water partition coefficient (Wildman–Crippen LogP) is 5.10. The zero-order valence-corrected chi connectivity index (χ0v) is 14.2. The number of hydrogen-bond acceptors (Lipinski definition) is 1. The Morgan fingerprint density at radius 3 is 2.86 bits per heavy atom. The van der Waals surface area contributed by atoms with Crippen molar-refractivity contribution in [3.63, 3.8) is 0 Å². The van der Waals surface area contributed by atoms with Crippen molar-refractivity contribution in [1.29, 1.82) is 0 Å². The van der Waals surface area contributed by atoms with Crippen molar-refractivity contribution < 1.29 is 5.11 Å². The first-order valence-electron chi connectivity index (χ1n) is 7.88. The third-order valence-electron chi connectivity index (χ3n) is 5.76. The maximum absolute atomic E-state index is 10.2. The van der Waals surface area contributed by atoms with Crippen LogP contribution in [-0.4, -0.2) is 11.2 Å². The van der Waals surface area contributed by atoms with Gasteiger partial charge in [-0.1, -0.05) is 46.6 Å². The Morgan fingerprint density at radius 1 is 1.24 bits per heavy atom. The average molecular weight is 345 g/mol. The molecule has 2 aromatic rings. The van der Waals surface area contributed by atoms with Crippen LogP contribution in [0.25, 0.3) is 10.8 Å². The van der Waals surface area contributed by atoms with Crippen LogP contribution in [0.1, 0.15) is 48.8 Å². The van der Waals surface area contributed by atoms with Crippen molar-refractivity contribution in [3.8, 4) is 0 Å². The van der Waals surface area contributed by atoms with Crippen molar-refractivity contribution in [1.82, 2.24) is 0 Å². The fourth-order valence-corrected chi connectivity index (χ4v) is 5.26. The molecule has 0 aliphatic heterocycles. The zero-order chi connectivity index (χ0) is 14.8. The average Bonchev–Trinajstić information content (AvgIpc) is 2.73. The van der Waals surface area contributed by atoms with E-state index >= 15 is 0 Å². The molecule has 0 amide bonds. The summed E-state index contributed by atoms with van der Waals surface area (Å²) in [4.78, 5) is 0. The summed E-state index contributed by atoms with van der Waals surface area (Å²) >= 11 is 3.77. The van der Waals surface area contributed by atoms with Crippen molar-refractivity contribution in [2.45, 2.75) is 51.6 Å². The van der Waals surface area contributed by atoms with Gasteiger partial charge >= 0.3 is 0 Å². The molecule has 2 aromatic carbocycles. The fourth-order valence-electron chi connectivity index (χ4n) is 4.67. The first-order valence-corrected chi connectivity index (χ1v) is 8.67. The second-order valence-electron chi connectivity index (χ2n) is 7.28. The lowest BCUT2D eigenvalue weighted by molar-refractivity contribution is 0.159. The molecule has 0 saturated heterocycles. The highest BCUT2D eigenvalue weighted by molar-refractivity contribution is 9.10. The first-order chi connectivity index (χ1) is 9.98. The molecular formula is C19H21BrO. The quantitative estimate of drug-likeness (QED) is 0.704. The number of aliphatic hydroxyl groups excluding tert-OH is 1. The van der Waals surface area contributed by atoms with Gasteiger partial charge in [-0.25, -0.2) is 0 Å². The molecule has 2 heteroatoms. The van der Waals surface area contributed by atoms with Gasteiger partial charge in [-0.2, -0.15) is 0 Å². The van der Waals surface area contributed by atoms with Crippen molar-refractivity contribution in [3.05, 3.63) is 45.4 Å². The van der Waals surface area contributed by atoms with E-state index in [0.29, 0.717) is 5.92 Å². The standard InChI is InChI=1S/C19H21BrO/c1-11-3-4-14-15(7-11)13-5-6-19(2)10-12(21)8-17(19)16(13)9-18(14)20/h3-4,7,9,12,17,21H,5-6,8,10H2,1-2H3/t12-,17-,19+/m0/s1. The second-order valence-corrected chi connectivity index (χ2v) is 8.13. The minimum atomic E-state index is -0.127. The fraction of sp³-hybridized carbons (Fsp3) is 0.474. The number of hydrogen-bond donors (Lipinski definition) is 1. The number of aryl methyl sites for hydroxylation is 2. The van der Waals surface area contributed by atoms with Gasteiger partial charge in [0.1, 0.15) is 0 Å². The van der Waals surface area contributed by atoms with E-state index in [9.17, 15) is 5.11 Å². The molecule has 4 rings (SSSR count). The predicted molar refractivity (Wildman–Crippen MR) is 90.8 cm³/mol. The van der Waals surface area contributed by atoms with Crippen LogP contribution in [0.2, 0.25) is 0 Å². The SMILES string of the molecule is Cc1ccc2c(Br)cc3c(c2c1)CC[C@]1(C)C[C@@H](O)C[C@@H]31. The van der Waals surface area contributed by atoms with Crippen molar-refractivity contribution >= 4 is 26.7 Å². The summed E-state index contributed by atoms with van der Waals surface area (Å²) in [5, 5.41) is 12.9. The number of fused-ring (bicyclic) bond motifs is 5. The van der Waals surface area contributed by atoms with Gasteiger partial charge in [0.2, 0.25) is 0 Å². The van der Waals surface area contributed by atoms with Gasteiger partial charge in [0.15, 0.2) is 0 Å². The van der Waals surface area contributed by atoms with Crippen LogP contribution in [-0.2, 0) is 6.42 Å². The summed E-state index contributed by atoms with van der Waals surface area (Å²) in [7, 11) is 0. The van der Waals surface area contributed by atoms with E-state index < -0.39 is 0 Å². The van der Waals surface area contributed by atoms with E-state index in [2.05, 4.69) is 54.0 Å². The minimum Gasteiger partial charge on any atom is -0.393 e. The molecular weight excluding hydrogens is 324 g/mol. The lowest BCUT2D eigenvalue weighted by Crippen LogP contribution is -2.26. The molecule has 1 nitrogen and oxygen atoms in total. The Bertz CT molecular complexity index is 736.